The number of amides is 1. The lowest BCUT2D eigenvalue weighted by atomic mass is 9.84. The maximum atomic E-state index is 12.2. The summed E-state index contributed by atoms with van der Waals surface area (Å²) in [5.74, 6) is 0.114. The number of carbonyl (C=O) groups is 1. The summed E-state index contributed by atoms with van der Waals surface area (Å²) in [6, 6.07) is 4.13. The van der Waals surface area contributed by atoms with E-state index in [1.54, 1.807) is 11.3 Å². The molecule has 0 spiro atoms. The third-order valence-corrected chi connectivity index (χ3v) is 5.52. The van der Waals surface area contributed by atoms with Crippen LogP contribution >= 0.6 is 27.3 Å². The quantitative estimate of drug-likeness (QED) is 0.891. The Hall–Kier alpha value is -0.390. The minimum atomic E-state index is -0.365. The molecule has 0 aromatic carbocycles. The predicted molar refractivity (Wildman–Crippen MR) is 78.7 cm³/mol. The molecule has 1 aliphatic rings. The maximum absolute atomic E-state index is 12.2. The van der Waals surface area contributed by atoms with Crippen LogP contribution in [0.1, 0.15) is 31.1 Å². The van der Waals surface area contributed by atoms with Crippen molar-refractivity contribution in [1.29, 1.82) is 0 Å². The van der Waals surface area contributed by atoms with Crippen LogP contribution in [-0.2, 0) is 11.2 Å². The molecular weight excluding hydrogens is 312 g/mol. The fourth-order valence-corrected chi connectivity index (χ4v) is 3.95. The molecule has 18 heavy (non-hydrogen) atoms. The number of nitrogens with two attached hydrogens (primary N) is 1. The zero-order valence-electron chi connectivity index (χ0n) is 10.5. The molecule has 1 saturated carbocycles. The summed E-state index contributed by atoms with van der Waals surface area (Å²) >= 11 is 5.15. The van der Waals surface area contributed by atoms with Crippen molar-refractivity contribution >= 4 is 33.2 Å². The highest BCUT2D eigenvalue weighted by Crippen LogP contribution is 2.36. The van der Waals surface area contributed by atoms with Crippen LogP contribution in [0.3, 0.4) is 0 Å². The third kappa shape index (κ3) is 2.95. The van der Waals surface area contributed by atoms with Crippen LogP contribution in [0.5, 0.6) is 0 Å². The van der Waals surface area contributed by atoms with E-state index in [2.05, 4.69) is 27.3 Å². The zero-order valence-corrected chi connectivity index (χ0v) is 12.9. The Morgan fingerprint density at radius 3 is 3.00 bits per heavy atom. The SMILES string of the molecule is CC1(C(=O)NCCc2ccc(Br)s2)CCCC1N. The number of hydrogen-bond acceptors (Lipinski definition) is 3. The van der Waals surface area contributed by atoms with E-state index in [1.807, 2.05) is 13.0 Å². The lowest BCUT2D eigenvalue weighted by molar-refractivity contribution is -0.130. The highest BCUT2D eigenvalue weighted by atomic mass is 79.9. The van der Waals surface area contributed by atoms with Crippen LogP contribution in [-0.4, -0.2) is 18.5 Å². The van der Waals surface area contributed by atoms with Crippen molar-refractivity contribution < 1.29 is 4.79 Å². The Morgan fingerprint density at radius 2 is 2.44 bits per heavy atom. The van der Waals surface area contributed by atoms with E-state index in [4.69, 9.17) is 5.73 Å². The Balaban J connectivity index is 1.81. The van der Waals surface area contributed by atoms with E-state index in [0.29, 0.717) is 6.54 Å². The van der Waals surface area contributed by atoms with Gasteiger partial charge in [-0.3, -0.25) is 4.79 Å². The summed E-state index contributed by atoms with van der Waals surface area (Å²) in [4.78, 5) is 13.5. The first-order valence-electron chi connectivity index (χ1n) is 6.30. The van der Waals surface area contributed by atoms with Gasteiger partial charge in [-0.1, -0.05) is 6.42 Å². The van der Waals surface area contributed by atoms with Crippen molar-refractivity contribution in [2.45, 2.75) is 38.6 Å². The summed E-state index contributed by atoms with van der Waals surface area (Å²) in [6.45, 7) is 2.68. The van der Waals surface area contributed by atoms with Crippen molar-refractivity contribution in [2.75, 3.05) is 6.54 Å². The van der Waals surface area contributed by atoms with Gasteiger partial charge in [0.25, 0.3) is 0 Å². The van der Waals surface area contributed by atoms with E-state index in [1.165, 1.54) is 4.88 Å². The lowest BCUT2D eigenvalue weighted by Crippen LogP contribution is -2.47. The molecule has 2 unspecified atom stereocenters. The topological polar surface area (TPSA) is 55.1 Å². The Labute approximate surface area is 120 Å². The Kier molecular flexibility index (Phi) is 4.45. The molecule has 1 aromatic heterocycles. The van der Waals surface area contributed by atoms with E-state index < -0.39 is 0 Å². The standard InChI is InChI=1S/C13H19BrN2OS/c1-13(7-2-3-10(13)15)12(17)16-8-6-9-4-5-11(14)18-9/h4-5,10H,2-3,6-8,15H2,1H3,(H,16,17). The average molecular weight is 331 g/mol. The molecule has 0 bridgehead atoms. The van der Waals surface area contributed by atoms with E-state index in [-0.39, 0.29) is 17.4 Å². The van der Waals surface area contributed by atoms with E-state index in [9.17, 15) is 4.79 Å². The Bertz CT molecular complexity index is 434. The van der Waals surface area contributed by atoms with Gasteiger partial charge >= 0.3 is 0 Å². The van der Waals surface area contributed by atoms with Gasteiger partial charge in [-0.15, -0.1) is 11.3 Å². The fraction of sp³-hybridized carbons (Fsp3) is 0.615. The van der Waals surface area contributed by atoms with E-state index >= 15 is 0 Å². The van der Waals surface area contributed by atoms with Gasteiger partial charge in [-0.2, -0.15) is 0 Å². The van der Waals surface area contributed by atoms with Gasteiger partial charge in [-0.25, -0.2) is 0 Å². The molecule has 2 rings (SSSR count). The molecule has 1 fully saturated rings. The van der Waals surface area contributed by atoms with Gasteiger partial charge in [0.1, 0.15) is 0 Å². The van der Waals surface area contributed by atoms with E-state index in [0.717, 1.165) is 29.5 Å². The summed E-state index contributed by atoms with van der Waals surface area (Å²) in [6.07, 6.45) is 3.81. The van der Waals surface area contributed by atoms with Gasteiger partial charge in [0, 0.05) is 17.5 Å². The first-order valence-corrected chi connectivity index (χ1v) is 7.91. The first kappa shape index (κ1) is 14.0. The monoisotopic (exact) mass is 330 g/mol. The molecule has 1 aromatic rings. The van der Waals surface area contributed by atoms with Gasteiger partial charge in [0.05, 0.1) is 9.20 Å². The van der Waals surface area contributed by atoms with Crippen LogP contribution in [0.2, 0.25) is 0 Å². The van der Waals surface area contributed by atoms with Gasteiger partial charge in [-0.05, 0) is 54.2 Å². The summed E-state index contributed by atoms with van der Waals surface area (Å²) in [7, 11) is 0. The highest BCUT2D eigenvalue weighted by molar-refractivity contribution is 9.11. The molecule has 5 heteroatoms. The molecule has 0 saturated heterocycles. The number of nitrogens with one attached hydrogen (secondary N) is 1. The average Bonchev–Trinajstić information content (AvgIpc) is 2.88. The third-order valence-electron chi connectivity index (χ3n) is 3.83. The second-order valence-electron chi connectivity index (χ2n) is 5.13. The molecule has 3 nitrogen and oxygen atoms in total. The van der Waals surface area contributed by atoms with Gasteiger partial charge < -0.3 is 11.1 Å². The zero-order chi connectivity index (χ0) is 13.2. The highest BCUT2D eigenvalue weighted by Gasteiger charge is 2.42. The summed E-state index contributed by atoms with van der Waals surface area (Å²) in [5, 5.41) is 3.03. The largest absolute Gasteiger partial charge is 0.355 e. The van der Waals surface area contributed by atoms with Crippen LogP contribution < -0.4 is 11.1 Å². The fourth-order valence-electron chi connectivity index (χ4n) is 2.46. The number of halogens is 1. The maximum Gasteiger partial charge on any atom is 0.227 e. The summed E-state index contributed by atoms with van der Waals surface area (Å²) in [5.41, 5.74) is 5.67. The molecule has 1 amide bonds. The lowest BCUT2D eigenvalue weighted by Gasteiger charge is -2.27. The van der Waals surface area contributed by atoms with Crippen LogP contribution in [0.4, 0.5) is 0 Å². The van der Waals surface area contributed by atoms with Gasteiger partial charge in [0.15, 0.2) is 0 Å². The van der Waals surface area contributed by atoms with Crippen molar-refractivity contribution in [1.82, 2.24) is 5.32 Å². The van der Waals surface area contributed by atoms with Crippen LogP contribution in [0.15, 0.2) is 15.9 Å². The minimum absolute atomic E-state index is 0.00776. The van der Waals surface area contributed by atoms with Crippen molar-refractivity contribution in [3.05, 3.63) is 20.8 Å². The first-order chi connectivity index (χ1) is 8.52. The second kappa shape index (κ2) is 5.72. The smallest absolute Gasteiger partial charge is 0.227 e. The molecule has 1 aliphatic carbocycles. The molecular formula is C13H19BrN2OS. The number of rotatable bonds is 4. The molecule has 0 radical (unpaired) electrons. The number of carbonyl (C=O) groups excluding carboxylic acids is 1. The summed E-state index contributed by atoms with van der Waals surface area (Å²) < 4.78 is 1.13. The van der Waals surface area contributed by atoms with Crippen LogP contribution in [0, 0.1) is 5.41 Å². The van der Waals surface area contributed by atoms with Gasteiger partial charge in [0.2, 0.25) is 5.91 Å². The molecule has 0 aliphatic heterocycles. The number of hydrogen-bond donors (Lipinski definition) is 2. The van der Waals surface area contributed by atoms with Crippen LogP contribution in [0.25, 0.3) is 0 Å². The minimum Gasteiger partial charge on any atom is -0.355 e. The second-order valence-corrected chi connectivity index (χ2v) is 7.68. The molecule has 100 valence electrons. The molecule has 3 N–H and O–H groups in total. The number of thiophene rings is 1. The predicted octanol–water partition coefficient (Wildman–Crippen LogP) is 2.69. The molecule has 2 atom stereocenters. The Morgan fingerprint density at radius 1 is 1.67 bits per heavy atom. The van der Waals surface area contributed by atoms with Crippen molar-refractivity contribution in [3.8, 4) is 0 Å². The van der Waals surface area contributed by atoms with Crippen molar-refractivity contribution in [3.63, 3.8) is 0 Å². The molecule has 1 heterocycles. The normalized spacial score (nSPS) is 27.4. The van der Waals surface area contributed by atoms with Crippen molar-refractivity contribution in [2.24, 2.45) is 11.1 Å².